The molecule has 0 spiro atoms. The first-order chi connectivity index (χ1) is 15.1. The minimum Gasteiger partial charge on any atom is -0.355 e. The van der Waals surface area contributed by atoms with E-state index in [0.717, 1.165) is 57.1 Å². The molecule has 1 aliphatic heterocycles. The molecule has 0 aliphatic carbocycles. The Morgan fingerprint density at radius 3 is 2.55 bits per heavy atom. The largest absolute Gasteiger partial charge is 0.355 e. The summed E-state index contributed by atoms with van der Waals surface area (Å²) >= 11 is 0. The Bertz CT molecular complexity index is 1030. The van der Waals surface area contributed by atoms with Gasteiger partial charge in [0, 0.05) is 38.8 Å². The van der Waals surface area contributed by atoms with Crippen LogP contribution in [0.2, 0.25) is 0 Å². The number of nitrogens with zero attached hydrogens (tertiary/aromatic N) is 3. The normalized spacial score (nSPS) is 14.8. The van der Waals surface area contributed by atoms with Crippen LogP contribution < -0.4 is 10.2 Å². The standard InChI is InChI=1S/C24H24F2N4O/c25-19-7-9-21(22(26)15-19)24(31)28-20-8-10-23(27-16-20)30-12-4-11-29(13-14-30)17-18-5-2-1-3-6-18/h1-3,5-10,15-16H,4,11-14,17H2,(H,28,31). The van der Waals surface area contributed by atoms with E-state index in [9.17, 15) is 13.6 Å². The second-order valence-electron chi connectivity index (χ2n) is 7.59. The van der Waals surface area contributed by atoms with Gasteiger partial charge in [0.15, 0.2) is 0 Å². The molecule has 0 saturated carbocycles. The van der Waals surface area contributed by atoms with Crippen LogP contribution in [0.3, 0.4) is 0 Å². The molecule has 1 fully saturated rings. The third-order valence-electron chi connectivity index (χ3n) is 5.34. The molecule has 1 amide bonds. The van der Waals surface area contributed by atoms with Crippen LogP contribution in [0.5, 0.6) is 0 Å². The predicted molar refractivity (Wildman–Crippen MR) is 117 cm³/mol. The summed E-state index contributed by atoms with van der Waals surface area (Å²) in [5, 5.41) is 2.60. The molecule has 160 valence electrons. The fourth-order valence-electron chi connectivity index (χ4n) is 3.72. The molecule has 3 aromatic rings. The number of nitrogens with one attached hydrogen (secondary N) is 1. The highest BCUT2D eigenvalue weighted by Crippen LogP contribution is 2.18. The fourth-order valence-corrected chi connectivity index (χ4v) is 3.72. The Kier molecular flexibility index (Phi) is 6.52. The summed E-state index contributed by atoms with van der Waals surface area (Å²) in [4.78, 5) is 21.4. The quantitative estimate of drug-likeness (QED) is 0.665. The number of carbonyl (C=O) groups is 1. The van der Waals surface area contributed by atoms with Gasteiger partial charge in [-0.25, -0.2) is 13.8 Å². The Balaban J connectivity index is 1.35. The lowest BCUT2D eigenvalue weighted by Crippen LogP contribution is -2.30. The zero-order valence-electron chi connectivity index (χ0n) is 17.1. The van der Waals surface area contributed by atoms with Gasteiger partial charge in [-0.15, -0.1) is 0 Å². The summed E-state index contributed by atoms with van der Waals surface area (Å²) in [5.41, 5.74) is 1.56. The average Bonchev–Trinajstić information content (AvgIpc) is 3.00. The van der Waals surface area contributed by atoms with Gasteiger partial charge in [-0.05, 0) is 36.2 Å². The molecule has 0 unspecified atom stereocenters. The van der Waals surface area contributed by atoms with Crippen LogP contribution in [-0.4, -0.2) is 42.0 Å². The van der Waals surface area contributed by atoms with E-state index in [4.69, 9.17) is 0 Å². The van der Waals surface area contributed by atoms with Crippen LogP contribution >= 0.6 is 0 Å². The molecule has 2 aromatic carbocycles. The summed E-state index contributed by atoms with van der Waals surface area (Å²) in [6.07, 6.45) is 2.60. The maximum absolute atomic E-state index is 13.8. The van der Waals surface area contributed by atoms with Gasteiger partial charge in [-0.1, -0.05) is 30.3 Å². The summed E-state index contributed by atoms with van der Waals surface area (Å²) in [6, 6.07) is 16.9. The molecule has 1 N–H and O–H groups in total. The Morgan fingerprint density at radius 2 is 1.81 bits per heavy atom. The van der Waals surface area contributed by atoms with Crippen molar-refractivity contribution in [1.29, 1.82) is 0 Å². The summed E-state index contributed by atoms with van der Waals surface area (Å²) < 4.78 is 26.8. The lowest BCUT2D eigenvalue weighted by atomic mass is 10.2. The van der Waals surface area contributed by atoms with Crippen molar-refractivity contribution in [2.45, 2.75) is 13.0 Å². The average molecular weight is 422 g/mol. The topological polar surface area (TPSA) is 48.5 Å². The Morgan fingerprint density at radius 1 is 0.968 bits per heavy atom. The number of amides is 1. The van der Waals surface area contributed by atoms with Crippen LogP contribution in [-0.2, 0) is 6.54 Å². The van der Waals surface area contributed by atoms with Crippen molar-refractivity contribution >= 4 is 17.4 Å². The minimum absolute atomic E-state index is 0.212. The molecule has 0 bridgehead atoms. The Hall–Kier alpha value is -3.32. The number of benzene rings is 2. The number of pyridine rings is 1. The van der Waals surface area contributed by atoms with E-state index in [1.165, 1.54) is 5.56 Å². The maximum Gasteiger partial charge on any atom is 0.258 e. The molecule has 1 saturated heterocycles. The van der Waals surface area contributed by atoms with Crippen molar-refractivity contribution in [3.63, 3.8) is 0 Å². The highest BCUT2D eigenvalue weighted by atomic mass is 19.1. The number of hydrogen-bond acceptors (Lipinski definition) is 4. The van der Waals surface area contributed by atoms with Gasteiger partial charge in [-0.3, -0.25) is 9.69 Å². The highest BCUT2D eigenvalue weighted by Gasteiger charge is 2.17. The molecule has 4 rings (SSSR count). The SMILES string of the molecule is O=C(Nc1ccc(N2CCCN(Cc3ccccc3)CC2)nc1)c1ccc(F)cc1F. The molecule has 7 heteroatoms. The lowest BCUT2D eigenvalue weighted by Gasteiger charge is -2.23. The second-order valence-corrected chi connectivity index (χ2v) is 7.59. The van der Waals surface area contributed by atoms with Gasteiger partial charge in [0.25, 0.3) is 5.91 Å². The van der Waals surface area contributed by atoms with E-state index in [1.807, 2.05) is 12.1 Å². The van der Waals surface area contributed by atoms with Gasteiger partial charge in [-0.2, -0.15) is 0 Å². The molecule has 0 radical (unpaired) electrons. The smallest absolute Gasteiger partial charge is 0.258 e. The number of hydrogen-bond donors (Lipinski definition) is 1. The fraction of sp³-hybridized carbons (Fsp3) is 0.250. The molecule has 31 heavy (non-hydrogen) atoms. The minimum atomic E-state index is -0.897. The van der Waals surface area contributed by atoms with Gasteiger partial charge < -0.3 is 10.2 Å². The van der Waals surface area contributed by atoms with E-state index in [1.54, 1.807) is 12.3 Å². The number of rotatable bonds is 5. The van der Waals surface area contributed by atoms with Crippen LogP contribution in [0.4, 0.5) is 20.3 Å². The van der Waals surface area contributed by atoms with E-state index >= 15 is 0 Å². The summed E-state index contributed by atoms with van der Waals surface area (Å²) in [7, 11) is 0. The number of aromatic nitrogens is 1. The monoisotopic (exact) mass is 422 g/mol. The van der Waals surface area contributed by atoms with E-state index < -0.39 is 17.5 Å². The number of carbonyl (C=O) groups excluding carboxylic acids is 1. The summed E-state index contributed by atoms with van der Waals surface area (Å²) in [6.45, 7) is 4.69. The first kappa shape index (κ1) is 20.9. The molecule has 5 nitrogen and oxygen atoms in total. The van der Waals surface area contributed by atoms with Gasteiger partial charge in [0.1, 0.15) is 17.5 Å². The van der Waals surface area contributed by atoms with Crippen LogP contribution in [0.15, 0.2) is 66.9 Å². The van der Waals surface area contributed by atoms with Gasteiger partial charge in [0.05, 0.1) is 17.4 Å². The zero-order chi connectivity index (χ0) is 21.6. The molecule has 1 aliphatic rings. The van der Waals surface area contributed by atoms with Crippen molar-refractivity contribution in [3.05, 3.63) is 89.6 Å². The van der Waals surface area contributed by atoms with Crippen LogP contribution in [0.25, 0.3) is 0 Å². The van der Waals surface area contributed by atoms with Crippen LogP contribution in [0, 0.1) is 11.6 Å². The number of anilines is 2. The number of halogens is 2. The van der Waals surface area contributed by atoms with Crippen molar-refractivity contribution < 1.29 is 13.6 Å². The van der Waals surface area contributed by atoms with Crippen molar-refractivity contribution in [3.8, 4) is 0 Å². The molecular formula is C24H24F2N4O. The van der Waals surface area contributed by atoms with E-state index in [0.29, 0.717) is 11.8 Å². The predicted octanol–water partition coefficient (Wildman–Crippen LogP) is 4.32. The first-order valence-electron chi connectivity index (χ1n) is 10.3. The van der Waals surface area contributed by atoms with Gasteiger partial charge >= 0.3 is 0 Å². The third kappa shape index (κ3) is 5.44. The third-order valence-corrected chi connectivity index (χ3v) is 5.34. The molecular weight excluding hydrogens is 398 g/mol. The maximum atomic E-state index is 13.8. The zero-order valence-corrected chi connectivity index (χ0v) is 17.1. The van der Waals surface area contributed by atoms with E-state index in [2.05, 4.69) is 44.4 Å². The molecule has 0 atom stereocenters. The van der Waals surface area contributed by atoms with Crippen LogP contribution in [0.1, 0.15) is 22.3 Å². The molecule has 2 heterocycles. The lowest BCUT2D eigenvalue weighted by molar-refractivity contribution is 0.102. The van der Waals surface area contributed by atoms with Gasteiger partial charge in [0.2, 0.25) is 0 Å². The van der Waals surface area contributed by atoms with Crippen molar-refractivity contribution in [2.24, 2.45) is 0 Å². The first-order valence-corrected chi connectivity index (χ1v) is 10.3. The molecule has 1 aromatic heterocycles. The van der Waals surface area contributed by atoms with Crippen molar-refractivity contribution in [2.75, 3.05) is 36.4 Å². The highest BCUT2D eigenvalue weighted by molar-refractivity contribution is 6.04. The van der Waals surface area contributed by atoms with E-state index in [-0.39, 0.29) is 5.56 Å². The van der Waals surface area contributed by atoms with Crippen molar-refractivity contribution in [1.82, 2.24) is 9.88 Å². The second kappa shape index (κ2) is 9.66. The summed E-state index contributed by atoms with van der Waals surface area (Å²) in [5.74, 6) is -1.42. The Labute approximate surface area is 180 Å².